The molecule has 1 heterocycles. The highest BCUT2D eigenvalue weighted by molar-refractivity contribution is 5.69. The van der Waals surface area contributed by atoms with Crippen molar-refractivity contribution in [3.8, 4) is 6.07 Å². The van der Waals surface area contributed by atoms with Gasteiger partial charge in [-0.1, -0.05) is 0 Å². The Morgan fingerprint density at radius 1 is 1.67 bits per heavy atom. The highest BCUT2D eigenvalue weighted by Gasteiger charge is 2.43. The second kappa shape index (κ2) is 5.55. The Labute approximate surface area is 107 Å². The van der Waals surface area contributed by atoms with Gasteiger partial charge in [-0.25, -0.2) is 4.79 Å². The largest absolute Gasteiger partial charge is 0.444 e. The number of nitrogens with one attached hydrogen (secondary N) is 1. The molecular weight excluding hydrogens is 236 g/mol. The van der Waals surface area contributed by atoms with Crippen molar-refractivity contribution in [2.75, 3.05) is 13.2 Å². The SMILES string of the molecule is CC(C)(C)OC(=O)NC1(C(O)CC#N)CCOC1. The van der Waals surface area contributed by atoms with Gasteiger partial charge in [-0.15, -0.1) is 0 Å². The van der Waals surface area contributed by atoms with E-state index in [4.69, 9.17) is 14.7 Å². The third-order valence-electron chi connectivity index (χ3n) is 2.72. The van der Waals surface area contributed by atoms with Crippen LogP contribution in [0.2, 0.25) is 0 Å². The molecule has 6 nitrogen and oxygen atoms in total. The van der Waals surface area contributed by atoms with E-state index in [1.165, 1.54) is 0 Å². The number of carbonyl (C=O) groups excluding carboxylic acids is 1. The van der Waals surface area contributed by atoms with Crippen LogP contribution in [0.1, 0.15) is 33.6 Å². The van der Waals surface area contributed by atoms with E-state index in [0.29, 0.717) is 13.0 Å². The molecule has 0 saturated carbocycles. The quantitative estimate of drug-likeness (QED) is 0.784. The van der Waals surface area contributed by atoms with E-state index in [9.17, 15) is 9.90 Å². The summed E-state index contributed by atoms with van der Waals surface area (Å²) in [4.78, 5) is 11.7. The zero-order chi connectivity index (χ0) is 13.8. The molecule has 0 spiro atoms. The maximum Gasteiger partial charge on any atom is 0.408 e. The molecule has 0 aromatic heterocycles. The first-order valence-electron chi connectivity index (χ1n) is 5.93. The Morgan fingerprint density at radius 2 is 2.33 bits per heavy atom. The van der Waals surface area contributed by atoms with Gasteiger partial charge in [-0.2, -0.15) is 5.26 Å². The van der Waals surface area contributed by atoms with E-state index in [1.54, 1.807) is 20.8 Å². The van der Waals surface area contributed by atoms with E-state index in [0.717, 1.165) is 0 Å². The predicted octanol–water partition coefficient (Wildman–Crippen LogP) is 0.945. The number of nitrogens with zero attached hydrogens (tertiary/aromatic N) is 1. The second-order valence-electron chi connectivity index (χ2n) is 5.46. The average Bonchev–Trinajstić information content (AvgIpc) is 2.64. The first-order chi connectivity index (χ1) is 8.29. The molecule has 0 bridgehead atoms. The standard InChI is InChI=1S/C12H20N2O4/c1-11(2,3)18-10(16)14-12(5-7-17-8-12)9(15)4-6-13/h9,15H,4-5,7-8H2,1-3H3,(H,14,16). The third-order valence-corrected chi connectivity index (χ3v) is 2.72. The molecule has 0 aromatic rings. The predicted molar refractivity (Wildman–Crippen MR) is 63.8 cm³/mol. The Bertz CT molecular complexity index is 337. The van der Waals surface area contributed by atoms with Gasteiger partial charge in [0, 0.05) is 6.61 Å². The monoisotopic (exact) mass is 256 g/mol. The molecule has 18 heavy (non-hydrogen) atoms. The fourth-order valence-electron chi connectivity index (χ4n) is 1.81. The van der Waals surface area contributed by atoms with Crippen LogP contribution in [0.5, 0.6) is 0 Å². The van der Waals surface area contributed by atoms with Gasteiger partial charge < -0.3 is 19.9 Å². The molecule has 102 valence electrons. The van der Waals surface area contributed by atoms with Crippen LogP contribution in [0.15, 0.2) is 0 Å². The molecule has 1 fully saturated rings. The van der Waals surface area contributed by atoms with Crippen LogP contribution in [0.3, 0.4) is 0 Å². The highest BCUT2D eigenvalue weighted by atomic mass is 16.6. The Hall–Kier alpha value is -1.32. The van der Waals surface area contributed by atoms with Gasteiger partial charge in [0.25, 0.3) is 0 Å². The lowest BCUT2D eigenvalue weighted by Crippen LogP contribution is -2.58. The first kappa shape index (κ1) is 14.7. The normalized spacial score (nSPS) is 25.3. The molecule has 6 heteroatoms. The number of nitriles is 1. The average molecular weight is 256 g/mol. The molecule has 2 N–H and O–H groups in total. The van der Waals surface area contributed by atoms with E-state index >= 15 is 0 Å². The molecule has 0 aliphatic carbocycles. The minimum absolute atomic E-state index is 0.0564. The molecule has 0 radical (unpaired) electrons. The van der Waals surface area contributed by atoms with E-state index < -0.39 is 23.3 Å². The number of rotatable bonds is 3. The lowest BCUT2D eigenvalue weighted by molar-refractivity contribution is 0.0178. The number of alkyl carbamates (subject to hydrolysis) is 1. The number of aliphatic hydroxyl groups excluding tert-OH is 1. The summed E-state index contributed by atoms with van der Waals surface area (Å²) in [5.41, 5.74) is -1.52. The summed E-state index contributed by atoms with van der Waals surface area (Å²) >= 11 is 0. The first-order valence-corrected chi connectivity index (χ1v) is 5.93. The molecule has 1 aliphatic rings. The van der Waals surface area contributed by atoms with Crippen LogP contribution in [-0.4, -0.2) is 41.7 Å². The molecule has 2 atom stereocenters. The van der Waals surface area contributed by atoms with E-state index in [2.05, 4.69) is 5.32 Å². The van der Waals surface area contributed by atoms with Crippen LogP contribution in [0.25, 0.3) is 0 Å². The maximum atomic E-state index is 11.7. The summed E-state index contributed by atoms with van der Waals surface area (Å²) in [5, 5.41) is 21.3. The van der Waals surface area contributed by atoms with Crippen molar-refractivity contribution in [1.29, 1.82) is 5.26 Å². The zero-order valence-electron chi connectivity index (χ0n) is 11.0. The number of carbonyl (C=O) groups is 1. The lowest BCUT2D eigenvalue weighted by atomic mass is 9.90. The summed E-state index contributed by atoms with van der Waals surface area (Å²) in [6.45, 7) is 5.91. The van der Waals surface area contributed by atoms with Crippen LogP contribution >= 0.6 is 0 Å². The van der Waals surface area contributed by atoms with Crippen molar-refractivity contribution in [2.24, 2.45) is 0 Å². The van der Waals surface area contributed by atoms with Gasteiger partial charge in [0.15, 0.2) is 0 Å². The number of aliphatic hydroxyl groups is 1. The maximum absolute atomic E-state index is 11.7. The summed E-state index contributed by atoms with van der Waals surface area (Å²) in [6, 6.07) is 1.89. The zero-order valence-corrected chi connectivity index (χ0v) is 11.0. The van der Waals surface area contributed by atoms with Gasteiger partial charge in [0.1, 0.15) is 5.60 Å². The number of ether oxygens (including phenoxy) is 2. The summed E-state index contributed by atoms with van der Waals surface area (Å²) in [7, 11) is 0. The lowest BCUT2D eigenvalue weighted by Gasteiger charge is -2.33. The molecule has 1 aliphatic heterocycles. The van der Waals surface area contributed by atoms with Crippen LogP contribution in [-0.2, 0) is 9.47 Å². The van der Waals surface area contributed by atoms with E-state index in [-0.39, 0.29) is 13.0 Å². The summed E-state index contributed by atoms with van der Waals surface area (Å²) in [6.07, 6.45) is -1.16. The minimum Gasteiger partial charge on any atom is -0.444 e. The fourth-order valence-corrected chi connectivity index (χ4v) is 1.81. The number of hydrogen-bond acceptors (Lipinski definition) is 5. The van der Waals surface area contributed by atoms with Gasteiger partial charge in [-0.3, -0.25) is 0 Å². The summed E-state index contributed by atoms with van der Waals surface area (Å²) < 4.78 is 10.4. The van der Waals surface area contributed by atoms with Crippen molar-refractivity contribution in [2.45, 2.75) is 50.9 Å². The fraction of sp³-hybridized carbons (Fsp3) is 0.833. The smallest absolute Gasteiger partial charge is 0.408 e. The van der Waals surface area contributed by atoms with Crippen molar-refractivity contribution in [3.05, 3.63) is 0 Å². The highest BCUT2D eigenvalue weighted by Crippen LogP contribution is 2.25. The summed E-state index contributed by atoms with van der Waals surface area (Å²) in [5.74, 6) is 0. The van der Waals surface area contributed by atoms with Crippen molar-refractivity contribution >= 4 is 6.09 Å². The van der Waals surface area contributed by atoms with Crippen LogP contribution in [0.4, 0.5) is 4.79 Å². The molecule has 2 unspecified atom stereocenters. The third kappa shape index (κ3) is 3.86. The molecule has 0 aromatic carbocycles. The molecule has 1 rings (SSSR count). The molecular formula is C12H20N2O4. The second-order valence-corrected chi connectivity index (χ2v) is 5.46. The van der Waals surface area contributed by atoms with Crippen molar-refractivity contribution in [1.82, 2.24) is 5.32 Å². The van der Waals surface area contributed by atoms with Crippen LogP contribution < -0.4 is 5.32 Å². The van der Waals surface area contributed by atoms with Gasteiger partial charge >= 0.3 is 6.09 Å². The van der Waals surface area contributed by atoms with Gasteiger partial charge in [0.05, 0.1) is 30.7 Å². The van der Waals surface area contributed by atoms with E-state index in [1.807, 2.05) is 6.07 Å². The van der Waals surface area contributed by atoms with Crippen LogP contribution in [0, 0.1) is 11.3 Å². The van der Waals surface area contributed by atoms with Crippen molar-refractivity contribution < 1.29 is 19.4 Å². The molecule has 1 amide bonds. The Kier molecular flexibility index (Phi) is 4.54. The van der Waals surface area contributed by atoms with Crippen molar-refractivity contribution in [3.63, 3.8) is 0 Å². The minimum atomic E-state index is -0.961. The Balaban J connectivity index is 2.69. The topological polar surface area (TPSA) is 91.6 Å². The van der Waals surface area contributed by atoms with Gasteiger partial charge in [-0.05, 0) is 27.2 Å². The number of amides is 1. The molecule has 1 saturated heterocycles. The Morgan fingerprint density at radius 3 is 2.78 bits per heavy atom. The number of hydrogen-bond donors (Lipinski definition) is 2. The van der Waals surface area contributed by atoms with Gasteiger partial charge in [0.2, 0.25) is 0 Å².